The first kappa shape index (κ1) is 12.8. The van der Waals surface area contributed by atoms with Crippen LogP contribution in [0.15, 0.2) is 40.4 Å². The van der Waals surface area contributed by atoms with Gasteiger partial charge in [0.15, 0.2) is 0 Å². The van der Waals surface area contributed by atoms with Gasteiger partial charge in [0.25, 0.3) is 0 Å². The SMILES string of the molecule is CCCNC(C1=CCCC1)c1ccccc1Br. The molecule has 0 amide bonds. The van der Waals surface area contributed by atoms with E-state index in [-0.39, 0.29) is 0 Å². The van der Waals surface area contributed by atoms with Crippen molar-refractivity contribution in [2.45, 2.75) is 38.6 Å². The molecular weight excluding hydrogens is 274 g/mol. The van der Waals surface area contributed by atoms with Gasteiger partial charge in [0.2, 0.25) is 0 Å². The molecule has 92 valence electrons. The van der Waals surface area contributed by atoms with Crippen LogP contribution in [0.5, 0.6) is 0 Å². The Labute approximate surface area is 112 Å². The molecule has 0 saturated heterocycles. The Morgan fingerprint density at radius 2 is 2.18 bits per heavy atom. The Bertz CT molecular complexity index is 398. The molecule has 0 radical (unpaired) electrons. The first-order valence-corrected chi connectivity index (χ1v) is 7.29. The summed E-state index contributed by atoms with van der Waals surface area (Å²) in [6.07, 6.45) is 7.37. The zero-order valence-electron chi connectivity index (χ0n) is 10.4. The second kappa shape index (κ2) is 6.36. The molecule has 1 N–H and O–H groups in total. The summed E-state index contributed by atoms with van der Waals surface area (Å²) in [5.41, 5.74) is 2.93. The van der Waals surface area contributed by atoms with Gasteiger partial charge in [-0.1, -0.05) is 52.7 Å². The van der Waals surface area contributed by atoms with Gasteiger partial charge in [0, 0.05) is 4.47 Å². The third-order valence-corrected chi connectivity index (χ3v) is 3.98. The zero-order valence-corrected chi connectivity index (χ0v) is 12.0. The Hall–Kier alpha value is -0.600. The number of rotatable bonds is 5. The Morgan fingerprint density at radius 3 is 2.82 bits per heavy atom. The van der Waals surface area contributed by atoms with Crippen LogP contribution < -0.4 is 5.32 Å². The molecule has 1 aromatic carbocycles. The quantitative estimate of drug-likeness (QED) is 0.783. The first-order valence-electron chi connectivity index (χ1n) is 6.49. The maximum Gasteiger partial charge on any atom is 0.0547 e. The Kier molecular flexibility index (Phi) is 4.81. The second-order valence-corrected chi connectivity index (χ2v) is 5.43. The largest absolute Gasteiger partial charge is 0.307 e. The topological polar surface area (TPSA) is 12.0 Å². The van der Waals surface area contributed by atoms with Crippen molar-refractivity contribution in [3.63, 3.8) is 0 Å². The van der Waals surface area contributed by atoms with Crippen LogP contribution in [0.1, 0.15) is 44.2 Å². The number of hydrogen-bond donors (Lipinski definition) is 1. The first-order chi connectivity index (χ1) is 8.33. The lowest BCUT2D eigenvalue weighted by Gasteiger charge is -2.21. The minimum absolute atomic E-state index is 0.396. The summed E-state index contributed by atoms with van der Waals surface area (Å²) in [6, 6.07) is 8.94. The molecule has 0 aliphatic heterocycles. The van der Waals surface area contributed by atoms with Gasteiger partial charge in [-0.15, -0.1) is 0 Å². The lowest BCUT2D eigenvalue weighted by Crippen LogP contribution is -2.23. The number of nitrogens with one attached hydrogen (secondary N) is 1. The van der Waals surface area contributed by atoms with Crippen LogP contribution in [0.25, 0.3) is 0 Å². The van der Waals surface area contributed by atoms with E-state index in [1.165, 1.54) is 35.7 Å². The predicted molar refractivity (Wildman–Crippen MR) is 77.1 cm³/mol. The maximum absolute atomic E-state index is 3.67. The van der Waals surface area contributed by atoms with Gasteiger partial charge in [-0.3, -0.25) is 0 Å². The van der Waals surface area contributed by atoms with Crippen molar-refractivity contribution in [2.24, 2.45) is 0 Å². The molecule has 17 heavy (non-hydrogen) atoms. The van der Waals surface area contributed by atoms with Crippen molar-refractivity contribution in [3.8, 4) is 0 Å². The van der Waals surface area contributed by atoms with Crippen molar-refractivity contribution in [1.29, 1.82) is 0 Å². The summed E-state index contributed by atoms with van der Waals surface area (Å²) >= 11 is 3.67. The lowest BCUT2D eigenvalue weighted by molar-refractivity contribution is 0.577. The standard InChI is InChI=1S/C15H20BrN/c1-2-11-17-15(12-7-3-4-8-12)13-9-5-6-10-14(13)16/h5-7,9-10,15,17H,2-4,8,11H2,1H3. The van der Waals surface area contributed by atoms with E-state index < -0.39 is 0 Å². The Morgan fingerprint density at radius 1 is 1.35 bits per heavy atom. The minimum atomic E-state index is 0.396. The van der Waals surface area contributed by atoms with Crippen LogP contribution in [0.2, 0.25) is 0 Å². The molecule has 1 unspecified atom stereocenters. The molecule has 1 aliphatic carbocycles. The molecule has 2 heteroatoms. The van der Waals surface area contributed by atoms with Crippen LogP contribution in [-0.2, 0) is 0 Å². The monoisotopic (exact) mass is 293 g/mol. The average molecular weight is 294 g/mol. The van der Waals surface area contributed by atoms with Crippen molar-refractivity contribution >= 4 is 15.9 Å². The number of allylic oxidation sites excluding steroid dienone is 1. The van der Waals surface area contributed by atoms with E-state index in [9.17, 15) is 0 Å². The predicted octanol–water partition coefficient (Wildman–Crippen LogP) is 4.60. The normalized spacial score (nSPS) is 16.9. The summed E-state index contributed by atoms with van der Waals surface area (Å²) < 4.78 is 1.21. The highest BCUT2D eigenvalue weighted by Gasteiger charge is 2.19. The summed E-state index contributed by atoms with van der Waals surface area (Å²) in [5.74, 6) is 0. The summed E-state index contributed by atoms with van der Waals surface area (Å²) in [6.45, 7) is 3.29. The molecule has 0 bridgehead atoms. The van der Waals surface area contributed by atoms with Crippen LogP contribution >= 0.6 is 15.9 Å². The zero-order chi connectivity index (χ0) is 12.1. The molecular formula is C15H20BrN. The van der Waals surface area contributed by atoms with E-state index in [1.54, 1.807) is 5.57 Å². The molecule has 0 heterocycles. The third-order valence-electron chi connectivity index (χ3n) is 3.26. The van der Waals surface area contributed by atoms with Gasteiger partial charge >= 0.3 is 0 Å². The van der Waals surface area contributed by atoms with E-state index >= 15 is 0 Å². The smallest absolute Gasteiger partial charge is 0.0547 e. The molecule has 1 aromatic rings. The van der Waals surface area contributed by atoms with Gasteiger partial charge in [-0.2, -0.15) is 0 Å². The summed E-state index contributed by atoms with van der Waals surface area (Å²) in [4.78, 5) is 0. The van der Waals surface area contributed by atoms with Gasteiger partial charge in [0.1, 0.15) is 0 Å². The van der Waals surface area contributed by atoms with Crippen LogP contribution in [0, 0.1) is 0 Å². The summed E-state index contributed by atoms with van der Waals surface area (Å²) in [7, 11) is 0. The van der Waals surface area contributed by atoms with Gasteiger partial charge in [0.05, 0.1) is 6.04 Å². The fourth-order valence-corrected chi connectivity index (χ4v) is 2.91. The third kappa shape index (κ3) is 3.20. The average Bonchev–Trinajstić information content (AvgIpc) is 2.85. The van der Waals surface area contributed by atoms with Gasteiger partial charge < -0.3 is 5.32 Å². The van der Waals surface area contributed by atoms with Gasteiger partial charge in [-0.05, 0) is 43.9 Å². The van der Waals surface area contributed by atoms with E-state index in [1.807, 2.05) is 0 Å². The number of benzene rings is 1. The van der Waals surface area contributed by atoms with Crippen molar-refractivity contribution < 1.29 is 0 Å². The molecule has 1 aliphatic rings. The Balaban J connectivity index is 2.23. The molecule has 1 nitrogen and oxygen atoms in total. The fourth-order valence-electron chi connectivity index (χ4n) is 2.40. The van der Waals surface area contributed by atoms with Crippen molar-refractivity contribution in [3.05, 3.63) is 46.0 Å². The molecule has 0 fully saturated rings. The van der Waals surface area contributed by atoms with E-state index in [0.29, 0.717) is 6.04 Å². The molecule has 0 spiro atoms. The number of halogens is 1. The highest BCUT2D eigenvalue weighted by Crippen LogP contribution is 2.34. The fraction of sp³-hybridized carbons (Fsp3) is 0.467. The number of hydrogen-bond acceptors (Lipinski definition) is 1. The van der Waals surface area contributed by atoms with Crippen LogP contribution in [0.4, 0.5) is 0 Å². The van der Waals surface area contributed by atoms with E-state index in [0.717, 1.165) is 6.54 Å². The molecule has 0 saturated carbocycles. The maximum atomic E-state index is 3.67. The highest BCUT2D eigenvalue weighted by atomic mass is 79.9. The minimum Gasteiger partial charge on any atom is -0.307 e. The lowest BCUT2D eigenvalue weighted by atomic mass is 9.98. The van der Waals surface area contributed by atoms with E-state index in [4.69, 9.17) is 0 Å². The van der Waals surface area contributed by atoms with Crippen LogP contribution in [-0.4, -0.2) is 6.54 Å². The molecule has 1 atom stereocenters. The highest BCUT2D eigenvalue weighted by molar-refractivity contribution is 9.10. The molecule has 0 aromatic heterocycles. The van der Waals surface area contributed by atoms with E-state index in [2.05, 4.69) is 58.5 Å². The second-order valence-electron chi connectivity index (χ2n) is 4.58. The van der Waals surface area contributed by atoms with Crippen LogP contribution in [0.3, 0.4) is 0 Å². The van der Waals surface area contributed by atoms with Gasteiger partial charge in [-0.25, -0.2) is 0 Å². The summed E-state index contributed by atoms with van der Waals surface area (Å²) in [5, 5.41) is 3.67. The van der Waals surface area contributed by atoms with Crippen molar-refractivity contribution in [2.75, 3.05) is 6.54 Å². The molecule has 2 rings (SSSR count). The van der Waals surface area contributed by atoms with Crippen molar-refractivity contribution in [1.82, 2.24) is 5.32 Å².